The number of aromatic nitrogens is 2. The molecule has 5 heteroatoms. The second-order valence-corrected chi connectivity index (χ2v) is 4.85. The van der Waals surface area contributed by atoms with Gasteiger partial charge in [-0.05, 0) is 6.07 Å². The second kappa shape index (κ2) is 3.30. The highest BCUT2D eigenvalue weighted by molar-refractivity contribution is 7.26. The van der Waals surface area contributed by atoms with Crippen LogP contribution in [0.4, 0.5) is 0 Å². The lowest BCUT2D eigenvalue weighted by molar-refractivity contribution is 1.23. The fourth-order valence-corrected chi connectivity index (χ4v) is 3.12. The lowest BCUT2D eigenvalue weighted by atomic mass is 10.2. The van der Waals surface area contributed by atoms with Crippen molar-refractivity contribution in [2.75, 3.05) is 0 Å². The largest absolute Gasteiger partial charge is 0.235 e. The Balaban J connectivity index is 2.63. The zero-order valence-electron chi connectivity index (χ0n) is 7.37. The molecule has 0 amide bonds. The van der Waals surface area contributed by atoms with E-state index in [1.54, 1.807) is 0 Å². The van der Waals surface area contributed by atoms with E-state index < -0.39 is 0 Å². The van der Waals surface area contributed by atoms with E-state index in [2.05, 4.69) is 9.97 Å². The normalized spacial score (nSPS) is 11.3. The van der Waals surface area contributed by atoms with Crippen molar-refractivity contribution in [3.05, 3.63) is 34.7 Å². The predicted molar refractivity (Wildman–Crippen MR) is 64.9 cm³/mol. The Kier molecular flexibility index (Phi) is 2.06. The molecule has 2 heterocycles. The van der Waals surface area contributed by atoms with Gasteiger partial charge >= 0.3 is 0 Å². The first-order chi connectivity index (χ1) is 7.27. The van der Waals surface area contributed by atoms with Crippen LogP contribution in [0.25, 0.3) is 20.3 Å². The molecular formula is C10H4Cl2N2S. The van der Waals surface area contributed by atoms with Gasteiger partial charge in [-0.25, -0.2) is 9.97 Å². The first kappa shape index (κ1) is 9.33. The number of halogens is 2. The summed E-state index contributed by atoms with van der Waals surface area (Å²) in [6, 6.07) is 5.76. The van der Waals surface area contributed by atoms with Crippen molar-refractivity contribution in [1.82, 2.24) is 9.97 Å². The summed E-state index contributed by atoms with van der Waals surface area (Å²) in [5.74, 6) is 0. The SMILES string of the molecule is Clc1cccc2c1sc1c(Cl)ncnc12. The third-order valence-electron chi connectivity index (χ3n) is 2.19. The molecule has 3 rings (SSSR count). The molecule has 0 unspecified atom stereocenters. The van der Waals surface area contributed by atoms with E-state index in [0.717, 1.165) is 25.3 Å². The Hall–Kier alpha value is -0.900. The highest BCUT2D eigenvalue weighted by atomic mass is 35.5. The number of nitrogens with zero attached hydrogens (tertiary/aromatic N) is 2. The van der Waals surface area contributed by atoms with Crippen molar-refractivity contribution in [3.63, 3.8) is 0 Å². The molecule has 1 aromatic carbocycles. The number of fused-ring (bicyclic) bond motifs is 3. The van der Waals surface area contributed by atoms with E-state index in [1.165, 1.54) is 17.7 Å². The van der Waals surface area contributed by atoms with Crippen molar-refractivity contribution < 1.29 is 0 Å². The van der Waals surface area contributed by atoms with Crippen LogP contribution >= 0.6 is 34.5 Å². The predicted octanol–water partition coefficient (Wildman–Crippen LogP) is 4.15. The van der Waals surface area contributed by atoms with Crippen molar-refractivity contribution in [2.24, 2.45) is 0 Å². The summed E-state index contributed by atoms with van der Waals surface area (Å²) >= 11 is 13.6. The second-order valence-electron chi connectivity index (χ2n) is 3.06. The molecule has 0 fully saturated rings. The Morgan fingerprint density at radius 1 is 1.07 bits per heavy atom. The maximum Gasteiger partial charge on any atom is 0.150 e. The van der Waals surface area contributed by atoms with Crippen LogP contribution in [0.1, 0.15) is 0 Å². The first-order valence-electron chi connectivity index (χ1n) is 4.24. The van der Waals surface area contributed by atoms with E-state index in [0.29, 0.717) is 5.15 Å². The molecule has 0 aliphatic heterocycles. The fourth-order valence-electron chi connectivity index (χ4n) is 1.54. The van der Waals surface area contributed by atoms with Crippen LogP contribution in [0.15, 0.2) is 24.5 Å². The van der Waals surface area contributed by atoms with Gasteiger partial charge in [-0.2, -0.15) is 0 Å². The molecule has 0 saturated carbocycles. The van der Waals surface area contributed by atoms with Crippen molar-refractivity contribution in [3.8, 4) is 0 Å². The number of rotatable bonds is 0. The summed E-state index contributed by atoms with van der Waals surface area (Å²) in [5.41, 5.74) is 0.873. The van der Waals surface area contributed by atoms with Gasteiger partial charge in [-0.1, -0.05) is 35.3 Å². The summed E-state index contributed by atoms with van der Waals surface area (Å²) in [4.78, 5) is 8.18. The number of hydrogen-bond acceptors (Lipinski definition) is 3. The smallest absolute Gasteiger partial charge is 0.150 e. The number of hydrogen-bond donors (Lipinski definition) is 0. The van der Waals surface area contributed by atoms with Crippen LogP contribution < -0.4 is 0 Å². The van der Waals surface area contributed by atoms with E-state index in [4.69, 9.17) is 23.2 Å². The highest BCUT2D eigenvalue weighted by Crippen LogP contribution is 2.38. The first-order valence-corrected chi connectivity index (χ1v) is 5.82. The average Bonchev–Trinajstić information content (AvgIpc) is 2.60. The Labute approximate surface area is 99.5 Å². The Morgan fingerprint density at radius 2 is 1.93 bits per heavy atom. The van der Waals surface area contributed by atoms with Crippen LogP contribution in [0.2, 0.25) is 10.2 Å². The van der Waals surface area contributed by atoms with Crippen LogP contribution in [0.5, 0.6) is 0 Å². The molecule has 0 saturated heterocycles. The summed E-state index contributed by atoms with van der Waals surface area (Å²) in [6.07, 6.45) is 1.47. The molecule has 2 nitrogen and oxygen atoms in total. The molecule has 0 atom stereocenters. The minimum absolute atomic E-state index is 0.484. The fraction of sp³-hybridized carbons (Fsp3) is 0. The molecule has 3 aromatic rings. The molecule has 0 spiro atoms. The third-order valence-corrected chi connectivity index (χ3v) is 4.25. The van der Waals surface area contributed by atoms with Gasteiger partial charge in [0, 0.05) is 5.39 Å². The lowest BCUT2D eigenvalue weighted by Gasteiger charge is -1.91. The van der Waals surface area contributed by atoms with E-state index in [-0.39, 0.29) is 0 Å². The van der Waals surface area contributed by atoms with Crippen LogP contribution in [0.3, 0.4) is 0 Å². The monoisotopic (exact) mass is 254 g/mol. The topological polar surface area (TPSA) is 25.8 Å². The van der Waals surface area contributed by atoms with Crippen molar-refractivity contribution >= 4 is 54.8 Å². The van der Waals surface area contributed by atoms with E-state index >= 15 is 0 Å². The summed E-state index contributed by atoms with van der Waals surface area (Å²) in [6.45, 7) is 0. The van der Waals surface area contributed by atoms with Crippen LogP contribution in [-0.4, -0.2) is 9.97 Å². The molecule has 0 bridgehead atoms. The molecule has 0 aliphatic rings. The standard InChI is InChI=1S/C10H4Cl2N2S/c11-6-3-1-2-5-7-9(15-8(5)6)10(12)14-4-13-7/h1-4H. The van der Waals surface area contributed by atoms with Gasteiger partial charge in [0.1, 0.15) is 11.5 Å². The minimum atomic E-state index is 0.484. The maximum atomic E-state index is 6.10. The van der Waals surface area contributed by atoms with Crippen molar-refractivity contribution in [2.45, 2.75) is 0 Å². The summed E-state index contributed by atoms with van der Waals surface area (Å²) in [5, 5.41) is 2.25. The molecule has 0 N–H and O–H groups in total. The van der Waals surface area contributed by atoms with Crippen LogP contribution in [0, 0.1) is 0 Å². The summed E-state index contributed by atoms with van der Waals surface area (Å²) < 4.78 is 1.90. The van der Waals surface area contributed by atoms with Gasteiger partial charge in [0.2, 0.25) is 0 Å². The zero-order valence-corrected chi connectivity index (χ0v) is 9.70. The molecule has 0 radical (unpaired) electrons. The van der Waals surface area contributed by atoms with E-state index in [9.17, 15) is 0 Å². The van der Waals surface area contributed by atoms with Gasteiger partial charge in [0.15, 0.2) is 0 Å². The molecular weight excluding hydrogens is 251 g/mol. The van der Waals surface area contributed by atoms with Gasteiger partial charge in [-0.3, -0.25) is 0 Å². The highest BCUT2D eigenvalue weighted by Gasteiger charge is 2.11. The van der Waals surface area contributed by atoms with Gasteiger partial charge in [0.05, 0.1) is 19.9 Å². The Morgan fingerprint density at radius 3 is 2.80 bits per heavy atom. The Bertz CT molecular complexity index is 607. The minimum Gasteiger partial charge on any atom is -0.235 e. The maximum absolute atomic E-state index is 6.10. The average molecular weight is 255 g/mol. The third kappa shape index (κ3) is 1.31. The van der Waals surface area contributed by atoms with E-state index in [1.807, 2.05) is 18.2 Å². The molecule has 2 aromatic heterocycles. The van der Waals surface area contributed by atoms with Gasteiger partial charge in [-0.15, -0.1) is 11.3 Å². The van der Waals surface area contributed by atoms with Crippen molar-refractivity contribution in [1.29, 1.82) is 0 Å². The van der Waals surface area contributed by atoms with Gasteiger partial charge < -0.3 is 0 Å². The quantitative estimate of drug-likeness (QED) is 0.564. The molecule has 74 valence electrons. The number of thiophene rings is 1. The van der Waals surface area contributed by atoms with Crippen LogP contribution in [-0.2, 0) is 0 Å². The number of benzene rings is 1. The molecule has 0 aliphatic carbocycles. The van der Waals surface area contributed by atoms with Gasteiger partial charge in [0.25, 0.3) is 0 Å². The summed E-state index contributed by atoms with van der Waals surface area (Å²) in [7, 11) is 0. The zero-order chi connectivity index (χ0) is 10.4. The molecule has 15 heavy (non-hydrogen) atoms. The lowest BCUT2D eigenvalue weighted by Crippen LogP contribution is -1.78.